The van der Waals surface area contributed by atoms with Crippen molar-refractivity contribution in [3.05, 3.63) is 35.9 Å². The Hall–Kier alpha value is -1.35. The normalized spacial score (nSPS) is 27.1. The summed E-state index contributed by atoms with van der Waals surface area (Å²) in [6.45, 7) is 3.80. The van der Waals surface area contributed by atoms with Crippen molar-refractivity contribution in [2.45, 2.75) is 94.5 Å². The number of likely N-dealkylation sites (tertiary alicyclic amines) is 1. The Morgan fingerprint density at radius 1 is 1.00 bits per heavy atom. The minimum absolute atomic E-state index is 0.00995. The SMILES string of the molecule is CC1CCC2(CCCCC2)N1CCOC(=O)C1(c2ccccc2)CCCC1. The predicted molar refractivity (Wildman–Crippen MR) is 109 cm³/mol. The van der Waals surface area contributed by atoms with Crippen LogP contribution < -0.4 is 0 Å². The van der Waals surface area contributed by atoms with Gasteiger partial charge in [-0.05, 0) is 51.0 Å². The van der Waals surface area contributed by atoms with Gasteiger partial charge in [0.1, 0.15) is 6.61 Å². The molecule has 0 amide bonds. The molecule has 1 atom stereocenters. The van der Waals surface area contributed by atoms with Gasteiger partial charge in [-0.15, -0.1) is 0 Å². The van der Waals surface area contributed by atoms with Crippen LogP contribution in [0.4, 0.5) is 0 Å². The molecule has 3 aliphatic rings. The third-order valence-corrected chi connectivity index (χ3v) is 7.69. The molecule has 0 radical (unpaired) electrons. The molecule has 3 heteroatoms. The fourth-order valence-corrected chi connectivity index (χ4v) is 6.17. The van der Waals surface area contributed by atoms with E-state index < -0.39 is 5.41 Å². The molecular formula is C24H35NO2. The van der Waals surface area contributed by atoms with Crippen LogP contribution in [0.25, 0.3) is 0 Å². The maximum Gasteiger partial charge on any atom is 0.316 e. The average Bonchev–Trinajstić information content (AvgIpc) is 3.31. The maximum absolute atomic E-state index is 13.2. The van der Waals surface area contributed by atoms with E-state index in [2.05, 4.69) is 24.0 Å². The number of hydrogen-bond donors (Lipinski definition) is 0. The summed E-state index contributed by atoms with van der Waals surface area (Å²) in [6.07, 6.45) is 13.5. The van der Waals surface area contributed by atoms with Gasteiger partial charge in [-0.2, -0.15) is 0 Å². The van der Waals surface area contributed by atoms with Crippen LogP contribution in [0.2, 0.25) is 0 Å². The highest BCUT2D eigenvalue weighted by Gasteiger charge is 2.46. The first kappa shape index (κ1) is 19.0. The second-order valence-electron chi connectivity index (χ2n) is 9.16. The van der Waals surface area contributed by atoms with Crippen LogP contribution in [0.3, 0.4) is 0 Å². The summed E-state index contributed by atoms with van der Waals surface area (Å²) in [4.78, 5) is 15.8. The third kappa shape index (κ3) is 3.55. The summed E-state index contributed by atoms with van der Waals surface area (Å²) in [5, 5.41) is 0. The van der Waals surface area contributed by atoms with E-state index in [-0.39, 0.29) is 5.97 Å². The predicted octanol–water partition coefficient (Wildman–Crippen LogP) is 5.23. The molecule has 0 N–H and O–H groups in total. The lowest BCUT2D eigenvalue weighted by atomic mass is 9.79. The van der Waals surface area contributed by atoms with Gasteiger partial charge >= 0.3 is 5.97 Å². The molecule has 1 heterocycles. The van der Waals surface area contributed by atoms with E-state index in [0.717, 1.165) is 37.8 Å². The lowest BCUT2D eigenvalue weighted by Gasteiger charge is -2.43. The number of benzene rings is 1. The van der Waals surface area contributed by atoms with E-state index in [1.807, 2.05) is 18.2 Å². The van der Waals surface area contributed by atoms with Gasteiger partial charge in [0.2, 0.25) is 0 Å². The van der Waals surface area contributed by atoms with Crippen molar-refractivity contribution in [2.75, 3.05) is 13.2 Å². The molecule has 1 unspecified atom stereocenters. The van der Waals surface area contributed by atoms with Crippen molar-refractivity contribution in [2.24, 2.45) is 0 Å². The molecule has 2 saturated carbocycles. The summed E-state index contributed by atoms with van der Waals surface area (Å²) >= 11 is 0. The second-order valence-corrected chi connectivity index (χ2v) is 9.16. The number of nitrogens with zero attached hydrogens (tertiary/aromatic N) is 1. The number of esters is 1. The first-order chi connectivity index (χ1) is 13.2. The molecule has 0 bridgehead atoms. The molecule has 3 nitrogen and oxygen atoms in total. The topological polar surface area (TPSA) is 29.5 Å². The van der Waals surface area contributed by atoms with Crippen LogP contribution in [-0.4, -0.2) is 35.6 Å². The van der Waals surface area contributed by atoms with Gasteiger partial charge in [-0.1, -0.05) is 62.4 Å². The highest BCUT2D eigenvalue weighted by atomic mass is 16.5. The fourth-order valence-electron chi connectivity index (χ4n) is 6.17. The molecule has 1 aromatic rings. The van der Waals surface area contributed by atoms with Crippen LogP contribution >= 0.6 is 0 Å². The van der Waals surface area contributed by atoms with E-state index in [1.54, 1.807) is 0 Å². The number of ether oxygens (including phenoxy) is 1. The van der Waals surface area contributed by atoms with Gasteiger partial charge in [0.05, 0.1) is 5.41 Å². The number of carbonyl (C=O) groups is 1. The van der Waals surface area contributed by atoms with Gasteiger partial charge in [-0.25, -0.2) is 0 Å². The zero-order valence-electron chi connectivity index (χ0n) is 16.9. The van der Waals surface area contributed by atoms with Crippen LogP contribution in [0.1, 0.15) is 83.1 Å². The Morgan fingerprint density at radius 3 is 2.37 bits per heavy atom. The quantitative estimate of drug-likeness (QED) is 0.666. The molecule has 4 rings (SSSR count). The minimum Gasteiger partial charge on any atom is -0.464 e. The molecule has 27 heavy (non-hydrogen) atoms. The van der Waals surface area contributed by atoms with Crippen LogP contribution in [0.5, 0.6) is 0 Å². The van der Waals surface area contributed by atoms with E-state index in [9.17, 15) is 4.79 Å². The second kappa shape index (κ2) is 7.95. The van der Waals surface area contributed by atoms with Crippen LogP contribution in [-0.2, 0) is 14.9 Å². The van der Waals surface area contributed by atoms with E-state index in [0.29, 0.717) is 18.2 Å². The molecule has 0 aromatic heterocycles. The number of hydrogen-bond acceptors (Lipinski definition) is 3. The minimum atomic E-state index is -0.402. The van der Waals surface area contributed by atoms with Crippen LogP contribution in [0, 0.1) is 0 Å². The Morgan fingerprint density at radius 2 is 1.67 bits per heavy atom. The lowest BCUT2D eigenvalue weighted by molar-refractivity contribution is -0.151. The average molecular weight is 370 g/mol. The maximum atomic E-state index is 13.2. The first-order valence-corrected chi connectivity index (χ1v) is 11.2. The zero-order chi connectivity index (χ0) is 18.7. The first-order valence-electron chi connectivity index (χ1n) is 11.2. The van der Waals surface area contributed by atoms with Gasteiger partial charge < -0.3 is 4.74 Å². The summed E-state index contributed by atoms with van der Waals surface area (Å²) in [5.41, 5.74) is 1.14. The molecule has 148 valence electrons. The van der Waals surface area contributed by atoms with E-state index in [4.69, 9.17) is 4.74 Å². The monoisotopic (exact) mass is 369 g/mol. The highest BCUT2D eigenvalue weighted by molar-refractivity contribution is 5.83. The van der Waals surface area contributed by atoms with Gasteiger partial charge in [0.15, 0.2) is 0 Å². The van der Waals surface area contributed by atoms with Gasteiger partial charge in [0, 0.05) is 18.1 Å². The molecule has 1 spiro atoms. The Kier molecular flexibility index (Phi) is 5.59. The summed E-state index contributed by atoms with van der Waals surface area (Å²) in [6, 6.07) is 10.9. The lowest BCUT2D eigenvalue weighted by Crippen LogP contribution is -2.49. The Labute approximate surface area is 164 Å². The molecule has 2 aliphatic carbocycles. The summed E-state index contributed by atoms with van der Waals surface area (Å²) < 4.78 is 5.95. The molecule has 3 fully saturated rings. The number of rotatable bonds is 5. The van der Waals surface area contributed by atoms with Crippen molar-refractivity contribution in [3.63, 3.8) is 0 Å². The molecule has 1 aromatic carbocycles. The highest BCUT2D eigenvalue weighted by Crippen LogP contribution is 2.44. The standard InChI is InChI=1S/C24H35NO2/c1-20-12-17-23(13-6-3-7-14-23)25(20)18-19-27-22(26)24(15-8-9-16-24)21-10-4-2-5-11-21/h2,4-5,10-11,20H,3,6-9,12-19H2,1H3. The van der Waals surface area contributed by atoms with E-state index >= 15 is 0 Å². The van der Waals surface area contributed by atoms with Crippen molar-refractivity contribution < 1.29 is 9.53 Å². The fraction of sp³-hybridized carbons (Fsp3) is 0.708. The van der Waals surface area contributed by atoms with Crippen LogP contribution in [0.15, 0.2) is 30.3 Å². The van der Waals surface area contributed by atoms with Crippen molar-refractivity contribution >= 4 is 5.97 Å². The summed E-state index contributed by atoms with van der Waals surface area (Å²) in [7, 11) is 0. The van der Waals surface area contributed by atoms with Gasteiger partial charge in [-0.3, -0.25) is 9.69 Å². The van der Waals surface area contributed by atoms with Gasteiger partial charge in [0.25, 0.3) is 0 Å². The molecular weight excluding hydrogens is 334 g/mol. The van der Waals surface area contributed by atoms with E-state index in [1.165, 1.54) is 44.9 Å². The third-order valence-electron chi connectivity index (χ3n) is 7.69. The Bertz CT molecular complexity index is 624. The Balaban J connectivity index is 1.40. The van der Waals surface area contributed by atoms with Crippen molar-refractivity contribution in [1.29, 1.82) is 0 Å². The molecule has 1 aliphatic heterocycles. The zero-order valence-corrected chi connectivity index (χ0v) is 16.9. The van der Waals surface area contributed by atoms with Crippen molar-refractivity contribution in [3.8, 4) is 0 Å². The number of carbonyl (C=O) groups excluding carboxylic acids is 1. The summed E-state index contributed by atoms with van der Waals surface area (Å²) in [5.74, 6) is 0.00995. The van der Waals surface area contributed by atoms with Crippen molar-refractivity contribution in [1.82, 2.24) is 4.90 Å². The smallest absolute Gasteiger partial charge is 0.316 e. The largest absolute Gasteiger partial charge is 0.464 e. The molecule has 1 saturated heterocycles.